The third-order valence-electron chi connectivity index (χ3n) is 4.21. The number of amides is 1. The van der Waals surface area contributed by atoms with Gasteiger partial charge in [0.25, 0.3) is 0 Å². The van der Waals surface area contributed by atoms with Crippen LogP contribution >= 0.6 is 0 Å². The summed E-state index contributed by atoms with van der Waals surface area (Å²) in [6.45, 7) is 6.58. The zero-order valence-corrected chi connectivity index (χ0v) is 13.2. The third kappa shape index (κ3) is 3.71. The van der Waals surface area contributed by atoms with E-state index in [2.05, 4.69) is 10.2 Å². The highest BCUT2D eigenvalue weighted by Gasteiger charge is 2.17. The zero-order chi connectivity index (χ0) is 16.2. The van der Waals surface area contributed by atoms with Gasteiger partial charge in [-0.25, -0.2) is 4.79 Å². The number of nitrogens with zero attached hydrogens (tertiary/aromatic N) is 2. The molecule has 2 aromatic rings. The van der Waals surface area contributed by atoms with E-state index >= 15 is 0 Å². The standard InChI is InChI=1S/C17H21N3O3/c1-13(21)20-10-8-19(9-11-20)7-6-18-15-12-17(22)23-16-5-3-2-4-14(15)16/h2-5,12,18H,6-11H2,1H3. The van der Waals surface area contributed by atoms with Crippen molar-refractivity contribution in [3.05, 3.63) is 40.8 Å². The molecule has 1 aliphatic rings. The van der Waals surface area contributed by atoms with Gasteiger partial charge in [-0.3, -0.25) is 9.69 Å². The van der Waals surface area contributed by atoms with E-state index < -0.39 is 0 Å². The second-order valence-corrected chi connectivity index (χ2v) is 5.75. The number of hydrogen-bond acceptors (Lipinski definition) is 5. The van der Waals surface area contributed by atoms with Gasteiger partial charge in [0.2, 0.25) is 5.91 Å². The first-order valence-electron chi connectivity index (χ1n) is 7.88. The summed E-state index contributed by atoms with van der Waals surface area (Å²) in [6.07, 6.45) is 0. The largest absolute Gasteiger partial charge is 0.423 e. The lowest BCUT2D eigenvalue weighted by Crippen LogP contribution is -2.49. The second kappa shape index (κ2) is 6.83. The minimum absolute atomic E-state index is 0.144. The van der Waals surface area contributed by atoms with Crippen molar-refractivity contribution in [1.82, 2.24) is 9.80 Å². The van der Waals surface area contributed by atoms with Gasteiger partial charge in [-0.2, -0.15) is 0 Å². The Morgan fingerprint density at radius 1 is 1.22 bits per heavy atom. The predicted molar refractivity (Wildman–Crippen MR) is 89.7 cm³/mol. The van der Waals surface area contributed by atoms with Crippen molar-refractivity contribution in [2.75, 3.05) is 44.6 Å². The smallest absolute Gasteiger partial charge is 0.338 e. The molecule has 6 heteroatoms. The van der Waals surface area contributed by atoms with Gasteiger partial charge < -0.3 is 14.6 Å². The summed E-state index contributed by atoms with van der Waals surface area (Å²) in [7, 11) is 0. The SMILES string of the molecule is CC(=O)N1CCN(CCNc2cc(=O)oc3ccccc23)CC1. The maximum atomic E-state index is 11.6. The molecule has 1 N–H and O–H groups in total. The van der Waals surface area contributed by atoms with Crippen molar-refractivity contribution in [3.8, 4) is 0 Å². The Balaban J connectivity index is 1.58. The minimum Gasteiger partial charge on any atom is -0.423 e. The highest BCUT2D eigenvalue weighted by Crippen LogP contribution is 2.20. The number of rotatable bonds is 4. The Hall–Kier alpha value is -2.34. The van der Waals surface area contributed by atoms with Crippen molar-refractivity contribution >= 4 is 22.6 Å². The molecule has 1 saturated heterocycles. The van der Waals surface area contributed by atoms with Gasteiger partial charge in [0, 0.05) is 57.6 Å². The van der Waals surface area contributed by atoms with E-state index in [0.717, 1.165) is 50.3 Å². The summed E-state index contributed by atoms with van der Waals surface area (Å²) in [4.78, 5) is 27.1. The zero-order valence-electron chi connectivity index (χ0n) is 13.2. The van der Waals surface area contributed by atoms with Crippen molar-refractivity contribution < 1.29 is 9.21 Å². The van der Waals surface area contributed by atoms with Crippen molar-refractivity contribution in [2.45, 2.75) is 6.92 Å². The summed E-state index contributed by atoms with van der Waals surface area (Å²) < 4.78 is 5.19. The highest BCUT2D eigenvalue weighted by molar-refractivity contribution is 5.89. The van der Waals surface area contributed by atoms with Crippen LogP contribution in [0.3, 0.4) is 0 Å². The minimum atomic E-state index is -0.346. The van der Waals surface area contributed by atoms with Crippen molar-refractivity contribution in [1.29, 1.82) is 0 Å². The fourth-order valence-corrected chi connectivity index (χ4v) is 2.89. The molecule has 1 aromatic heterocycles. The number of piperazine rings is 1. The van der Waals surface area contributed by atoms with Gasteiger partial charge in [0.05, 0.1) is 5.69 Å². The van der Waals surface area contributed by atoms with Gasteiger partial charge in [-0.05, 0) is 12.1 Å². The number of para-hydroxylation sites is 1. The number of carbonyl (C=O) groups excluding carboxylic acids is 1. The topological polar surface area (TPSA) is 65.8 Å². The number of anilines is 1. The molecule has 0 aliphatic carbocycles. The maximum absolute atomic E-state index is 11.6. The van der Waals surface area contributed by atoms with E-state index in [-0.39, 0.29) is 11.5 Å². The molecule has 0 radical (unpaired) electrons. The Morgan fingerprint density at radius 2 is 1.96 bits per heavy atom. The monoisotopic (exact) mass is 315 g/mol. The molecular weight excluding hydrogens is 294 g/mol. The summed E-state index contributed by atoms with van der Waals surface area (Å²) in [5.74, 6) is 0.144. The van der Waals surface area contributed by atoms with Crippen LogP contribution in [-0.4, -0.2) is 55.0 Å². The quantitative estimate of drug-likeness (QED) is 0.863. The Bertz CT molecular complexity index is 748. The fraction of sp³-hybridized carbons (Fsp3) is 0.412. The van der Waals surface area contributed by atoms with Crippen LogP contribution in [0, 0.1) is 0 Å². The second-order valence-electron chi connectivity index (χ2n) is 5.75. The molecule has 1 fully saturated rings. The predicted octanol–water partition coefficient (Wildman–Crippen LogP) is 1.37. The van der Waals surface area contributed by atoms with E-state index in [1.54, 1.807) is 13.0 Å². The summed E-state index contributed by atoms with van der Waals surface area (Å²) in [5, 5.41) is 4.24. The maximum Gasteiger partial charge on any atom is 0.338 e. The molecule has 23 heavy (non-hydrogen) atoms. The van der Waals surface area contributed by atoms with Crippen LogP contribution in [0.2, 0.25) is 0 Å². The Kier molecular flexibility index (Phi) is 4.62. The van der Waals surface area contributed by atoms with Gasteiger partial charge >= 0.3 is 5.63 Å². The van der Waals surface area contributed by atoms with E-state index in [4.69, 9.17) is 4.42 Å². The lowest BCUT2D eigenvalue weighted by molar-refractivity contribution is -0.130. The first kappa shape index (κ1) is 15.6. The fourth-order valence-electron chi connectivity index (χ4n) is 2.89. The van der Waals surface area contributed by atoms with Gasteiger partial charge in [0.15, 0.2) is 0 Å². The van der Waals surface area contributed by atoms with Crippen LogP contribution in [-0.2, 0) is 4.79 Å². The Labute approximate surface area is 134 Å². The number of hydrogen-bond donors (Lipinski definition) is 1. The molecule has 1 amide bonds. The molecule has 6 nitrogen and oxygen atoms in total. The number of carbonyl (C=O) groups is 1. The van der Waals surface area contributed by atoms with Crippen LogP contribution in [0.1, 0.15) is 6.92 Å². The van der Waals surface area contributed by atoms with Crippen LogP contribution in [0.25, 0.3) is 11.0 Å². The third-order valence-corrected chi connectivity index (χ3v) is 4.21. The van der Waals surface area contributed by atoms with E-state index in [9.17, 15) is 9.59 Å². The summed E-state index contributed by atoms with van der Waals surface area (Å²) >= 11 is 0. The molecule has 3 rings (SSSR count). The molecule has 122 valence electrons. The molecule has 0 saturated carbocycles. The number of benzene rings is 1. The van der Waals surface area contributed by atoms with Crippen LogP contribution in [0.4, 0.5) is 5.69 Å². The number of fused-ring (bicyclic) bond motifs is 1. The molecule has 0 bridgehead atoms. The first-order chi connectivity index (χ1) is 11.1. The van der Waals surface area contributed by atoms with Crippen LogP contribution < -0.4 is 10.9 Å². The summed E-state index contributed by atoms with van der Waals surface area (Å²) in [6, 6.07) is 9.00. The highest BCUT2D eigenvalue weighted by atomic mass is 16.4. The van der Waals surface area contributed by atoms with Crippen molar-refractivity contribution in [2.24, 2.45) is 0 Å². The lowest BCUT2D eigenvalue weighted by Gasteiger charge is -2.34. The van der Waals surface area contributed by atoms with Gasteiger partial charge in [-0.15, -0.1) is 0 Å². The molecule has 2 heterocycles. The van der Waals surface area contributed by atoms with Gasteiger partial charge in [0.1, 0.15) is 5.58 Å². The van der Waals surface area contributed by atoms with Crippen LogP contribution in [0.15, 0.2) is 39.5 Å². The normalized spacial score (nSPS) is 15.8. The van der Waals surface area contributed by atoms with E-state index in [1.807, 2.05) is 23.1 Å². The summed E-state index contributed by atoms with van der Waals surface area (Å²) in [5.41, 5.74) is 1.05. The molecule has 1 aliphatic heterocycles. The molecule has 0 atom stereocenters. The van der Waals surface area contributed by atoms with Gasteiger partial charge in [-0.1, -0.05) is 12.1 Å². The van der Waals surface area contributed by atoms with Crippen LogP contribution in [0.5, 0.6) is 0 Å². The average molecular weight is 315 g/mol. The first-order valence-corrected chi connectivity index (χ1v) is 7.88. The molecule has 1 aromatic carbocycles. The Morgan fingerprint density at radius 3 is 2.70 bits per heavy atom. The average Bonchev–Trinajstić information content (AvgIpc) is 2.55. The molecule has 0 unspecified atom stereocenters. The lowest BCUT2D eigenvalue weighted by atomic mass is 10.2. The van der Waals surface area contributed by atoms with E-state index in [0.29, 0.717) is 5.58 Å². The molecule has 0 spiro atoms. The van der Waals surface area contributed by atoms with Crippen molar-refractivity contribution in [3.63, 3.8) is 0 Å². The number of nitrogens with one attached hydrogen (secondary N) is 1. The molecular formula is C17H21N3O3. The van der Waals surface area contributed by atoms with E-state index in [1.165, 1.54) is 6.07 Å².